The summed E-state index contributed by atoms with van der Waals surface area (Å²) in [5.41, 5.74) is 2.26. The largest absolute Gasteiger partial charge is 0.508 e. The number of rotatable bonds is 7. The number of piperidine rings is 1. The molecule has 1 amide bonds. The Morgan fingerprint density at radius 3 is 2.27 bits per heavy atom. The fraction of sp³-hybridized carbons (Fsp3) is 0.259. The minimum absolute atomic E-state index is 0.126. The highest BCUT2D eigenvalue weighted by Crippen LogP contribution is 2.30. The molecular formula is C27H27N3O3. The molecule has 0 aromatic heterocycles. The van der Waals surface area contributed by atoms with E-state index in [2.05, 4.69) is 11.4 Å². The lowest BCUT2D eigenvalue weighted by Gasteiger charge is -2.24. The number of ether oxygens (including phenoxy) is 1. The van der Waals surface area contributed by atoms with Crippen molar-refractivity contribution in [1.82, 2.24) is 5.32 Å². The SMILES string of the molecule is N#Cc1ccc(C(=O)N(c2ccc(O)cc2)c2ccc(OCCC3CCCCN3)cc2)cc1. The van der Waals surface area contributed by atoms with Crippen LogP contribution in [0.15, 0.2) is 72.8 Å². The zero-order valence-corrected chi connectivity index (χ0v) is 18.4. The van der Waals surface area contributed by atoms with E-state index in [1.165, 1.54) is 19.3 Å². The summed E-state index contributed by atoms with van der Waals surface area (Å²) in [6.07, 6.45) is 4.68. The Bertz CT molecular complexity index is 1100. The molecule has 1 aliphatic rings. The predicted molar refractivity (Wildman–Crippen MR) is 128 cm³/mol. The molecule has 2 N–H and O–H groups in total. The summed E-state index contributed by atoms with van der Waals surface area (Å²) in [5.74, 6) is 0.647. The summed E-state index contributed by atoms with van der Waals surface area (Å²) in [7, 11) is 0. The Kier molecular flexibility index (Phi) is 7.23. The quantitative estimate of drug-likeness (QED) is 0.529. The highest BCUT2D eigenvalue weighted by atomic mass is 16.5. The van der Waals surface area contributed by atoms with E-state index < -0.39 is 0 Å². The maximum absolute atomic E-state index is 13.4. The van der Waals surface area contributed by atoms with Gasteiger partial charge >= 0.3 is 0 Å². The molecule has 1 aliphatic heterocycles. The maximum atomic E-state index is 13.4. The number of carbonyl (C=O) groups excluding carboxylic acids is 1. The smallest absolute Gasteiger partial charge is 0.262 e. The van der Waals surface area contributed by atoms with Crippen LogP contribution in [0.4, 0.5) is 11.4 Å². The van der Waals surface area contributed by atoms with Crippen LogP contribution in [0, 0.1) is 11.3 Å². The monoisotopic (exact) mass is 441 g/mol. The van der Waals surface area contributed by atoms with Gasteiger partial charge in [0.15, 0.2) is 0 Å². The molecule has 0 bridgehead atoms. The molecule has 1 atom stereocenters. The second-order valence-corrected chi connectivity index (χ2v) is 8.12. The van der Waals surface area contributed by atoms with E-state index in [9.17, 15) is 9.90 Å². The van der Waals surface area contributed by atoms with Crippen LogP contribution in [0.1, 0.15) is 41.6 Å². The van der Waals surface area contributed by atoms with Crippen molar-refractivity contribution in [3.63, 3.8) is 0 Å². The molecule has 0 aliphatic carbocycles. The van der Waals surface area contributed by atoms with Crippen molar-refractivity contribution in [2.45, 2.75) is 31.7 Å². The number of nitrogens with one attached hydrogen (secondary N) is 1. The van der Waals surface area contributed by atoms with E-state index >= 15 is 0 Å². The molecule has 1 heterocycles. The van der Waals surface area contributed by atoms with Crippen molar-refractivity contribution >= 4 is 17.3 Å². The van der Waals surface area contributed by atoms with E-state index in [0.29, 0.717) is 35.2 Å². The average Bonchev–Trinajstić information content (AvgIpc) is 2.87. The Morgan fingerprint density at radius 2 is 1.67 bits per heavy atom. The Hall–Kier alpha value is -3.82. The Morgan fingerprint density at radius 1 is 1.00 bits per heavy atom. The molecule has 33 heavy (non-hydrogen) atoms. The number of hydrogen-bond donors (Lipinski definition) is 2. The zero-order valence-electron chi connectivity index (χ0n) is 18.4. The van der Waals surface area contributed by atoms with Gasteiger partial charge in [-0.15, -0.1) is 0 Å². The molecule has 6 nitrogen and oxygen atoms in total. The van der Waals surface area contributed by atoms with Crippen LogP contribution in [0.5, 0.6) is 11.5 Å². The van der Waals surface area contributed by atoms with Gasteiger partial charge in [0.2, 0.25) is 0 Å². The standard InChI is InChI=1S/C27H27N3O3/c28-19-20-4-6-21(7-5-20)27(32)30(23-8-12-25(31)13-9-23)24-10-14-26(15-11-24)33-18-16-22-3-1-2-17-29-22/h4-15,22,29,31H,1-3,16-18H2. The summed E-state index contributed by atoms with van der Waals surface area (Å²) in [5, 5.41) is 22.2. The van der Waals surface area contributed by atoms with Crippen LogP contribution in [0.3, 0.4) is 0 Å². The first-order valence-electron chi connectivity index (χ1n) is 11.2. The lowest BCUT2D eigenvalue weighted by atomic mass is 10.0. The lowest BCUT2D eigenvalue weighted by Crippen LogP contribution is -2.35. The summed E-state index contributed by atoms with van der Waals surface area (Å²) in [6, 6.07) is 23.0. The molecule has 0 saturated carbocycles. The zero-order chi connectivity index (χ0) is 23.0. The van der Waals surface area contributed by atoms with E-state index in [4.69, 9.17) is 10.00 Å². The van der Waals surface area contributed by atoms with Gasteiger partial charge in [-0.05, 0) is 98.6 Å². The predicted octanol–water partition coefficient (Wildman–Crippen LogP) is 5.15. The molecule has 1 fully saturated rings. The normalized spacial score (nSPS) is 15.4. The van der Waals surface area contributed by atoms with Gasteiger partial charge in [-0.2, -0.15) is 5.26 Å². The summed E-state index contributed by atoms with van der Waals surface area (Å²) < 4.78 is 5.93. The van der Waals surface area contributed by atoms with Crippen molar-refractivity contribution in [2.24, 2.45) is 0 Å². The van der Waals surface area contributed by atoms with Crippen LogP contribution in [-0.4, -0.2) is 30.2 Å². The number of phenols is 1. The van der Waals surface area contributed by atoms with E-state index in [1.807, 2.05) is 24.3 Å². The second-order valence-electron chi connectivity index (χ2n) is 8.12. The fourth-order valence-corrected chi connectivity index (χ4v) is 3.98. The van der Waals surface area contributed by atoms with Gasteiger partial charge in [-0.25, -0.2) is 0 Å². The number of nitriles is 1. The fourth-order valence-electron chi connectivity index (χ4n) is 3.98. The minimum atomic E-state index is -0.234. The number of hydrogen-bond acceptors (Lipinski definition) is 5. The van der Waals surface area contributed by atoms with Crippen LogP contribution >= 0.6 is 0 Å². The van der Waals surface area contributed by atoms with Crippen LogP contribution in [0.2, 0.25) is 0 Å². The lowest BCUT2D eigenvalue weighted by molar-refractivity contribution is 0.0999. The second kappa shape index (κ2) is 10.7. The average molecular weight is 442 g/mol. The van der Waals surface area contributed by atoms with Crippen molar-refractivity contribution in [3.8, 4) is 17.6 Å². The van der Waals surface area contributed by atoms with Crippen molar-refractivity contribution in [1.29, 1.82) is 5.26 Å². The molecule has 1 saturated heterocycles. The third-order valence-corrected chi connectivity index (χ3v) is 5.81. The van der Waals surface area contributed by atoms with E-state index in [-0.39, 0.29) is 11.7 Å². The minimum Gasteiger partial charge on any atom is -0.508 e. The summed E-state index contributed by atoms with van der Waals surface area (Å²) in [4.78, 5) is 15.0. The van der Waals surface area contributed by atoms with Crippen molar-refractivity contribution in [3.05, 3.63) is 83.9 Å². The van der Waals surface area contributed by atoms with Gasteiger partial charge in [0.05, 0.1) is 18.2 Å². The molecule has 6 heteroatoms. The summed E-state index contributed by atoms with van der Waals surface area (Å²) >= 11 is 0. The first kappa shape index (κ1) is 22.4. The molecular weight excluding hydrogens is 414 g/mol. The van der Waals surface area contributed by atoms with Crippen LogP contribution in [0.25, 0.3) is 0 Å². The van der Waals surface area contributed by atoms with Gasteiger partial charge in [-0.1, -0.05) is 6.42 Å². The number of anilines is 2. The van der Waals surface area contributed by atoms with Gasteiger partial charge < -0.3 is 15.2 Å². The topological polar surface area (TPSA) is 85.6 Å². The van der Waals surface area contributed by atoms with Crippen LogP contribution in [-0.2, 0) is 0 Å². The van der Waals surface area contributed by atoms with E-state index in [1.54, 1.807) is 53.4 Å². The first-order valence-corrected chi connectivity index (χ1v) is 11.2. The highest BCUT2D eigenvalue weighted by Gasteiger charge is 2.20. The van der Waals surface area contributed by atoms with Gasteiger partial charge in [0, 0.05) is 23.0 Å². The number of nitrogens with zero attached hydrogens (tertiary/aromatic N) is 2. The summed E-state index contributed by atoms with van der Waals surface area (Å²) in [6.45, 7) is 1.72. The molecule has 3 aromatic rings. The Balaban J connectivity index is 1.51. The molecule has 3 aromatic carbocycles. The highest BCUT2D eigenvalue weighted by molar-refractivity contribution is 6.11. The van der Waals surface area contributed by atoms with E-state index in [0.717, 1.165) is 18.7 Å². The molecule has 0 spiro atoms. The van der Waals surface area contributed by atoms with Crippen LogP contribution < -0.4 is 15.0 Å². The van der Waals surface area contributed by atoms with Gasteiger partial charge in [0.1, 0.15) is 11.5 Å². The van der Waals surface area contributed by atoms with Gasteiger partial charge in [0.25, 0.3) is 5.91 Å². The van der Waals surface area contributed by atoms with Crippen molar-refractivity contribution in [2.75, 3.05) is 18.1 Å². The Labute approximate surface area is 194 Å². The van der Waals surface area contributed by atoms with Crippen molar-refractivity contribution < 1.29 is 14.6 Å². The third kappa shape index (κ3) is 5.71. The third-order valence-electron chi connectivity index (χ3n) is 5.81. The number of carbonyl (C=O) groups is 1. The number of aromatic hydroxyl groups is 1. The molecule has 1 unspecified atom stereocenters. The maximum Gasteiger partial charge on any atom is 0.262 e. The number of amides is 1. The first-order chi connectivity index (χ1) is 16.1. The van der Waals surface area contributed by atoms with Gasteiger partial charge in [-0.3, -0.25) is 9.69 Å². The number of benzene rings is 3. The molecule has 4 rings (SSSR count). The molecule has 0 radical (unpaired) electrons. The molecule has 168 valence electrons. The number of phenolic OH excluding ortho intramolecular Hbond substituents is 1.